The summed E-state index contributed by atoms with van der Waals surface area (Å²) >= 11 is 0. The molecule has 1 atom stereocenters. The van der Waals surface area contributed by atoms with E-state index in [9.17, 15) is 0 Å². The molecule has 0 aromatic heterocycles. The van der Waals surface area contributed by atoms with Gasteiger partial charge in [-0.2, -0.15) is 0 Å². The van der Waals surface area contributed by atoms with Crippen LogP contribution >= 0.6 is 0 Å². The summed E-state index contributed by atoms with van der Waals surface area (Å²) in [5, 5.41) is 3.70. The molecule has 20 heavy (non-hydrogen) atoms. The lowest BCUT2D eigenvalue weighted by Crippen LogP contribution is -2.57. The average molecular weight is 278 g/mol. The van der Waals surface area contributed by atoms with E-state index in [2.05, 4.69) is 38.9 Å². The number of hydrogen-bond donors (Lipinski definition) is 2. The zero-order valence-electron chi connectivity index (χ0n) is 14.0. The summed E-state index contributed by atoms with van der Waals surface area (Å²) in [6.45, 7) is 10.00. The van der Waals surface area contributed by atoms with Crippen LogP contribution in [0, 0.1) is 23.7 Å². The van der Waals surface area contributed by atoms with Gasteiger partial charge in [0.1, 0.15) is 0 Å². The molecule has 0 bridgehead atoms. The summed E-state index contributed by atoms with van der Waals surface area (Å²) in [5.41, 5.74) is 6.62. The van der Waals surface area contributed by atoms with E-state index >= 15 is 0 Å². The summed E-state index contributed by atoms with van der Waals surface area (Å²) < 4.78 is 0. The van der Waals surface area contributed by atoms with Crippen molar-refractivity contribution in [2.24, 2.45) is 17.1 Å². The Hall–Kier alpha value is -0.520. The second-order valence-corrected chi connectivity index (χ2v) is 7.25. The quantitative estimate of drug-likeness (QED) is 0.697. The van der Waals surface area contributed by atoms with Gasteiger partial charge in [0.05, 0.1) is 6.04 Å². The highest BCUT2D eigenvalue weighted by molar-refractivity contribution is 5.05. The fourth-order valence-corrected chi connectivity index (χ4v) is 3.50. The van der Waals surface area contributed by atoms with Gasteiger partial charge in [-0.15, -0.1) is 6.42 Å². The number of rotatable bonds is 7. The van der Waals surface area contributed by atoms with Crippen molar-refractivity contribution in [3.63, 3.8) is 0 Å². The summed E-state index contributed by atoms with van der Waals surface area (Å²) in [7, 11) is 0. The molecular weight excluding hydrogens is 244 g/mol. The highest BCUT2D eigenvalue weighted by Crippen LogP contribution is 2.43. The predicted octanol–water partition coefficient (Wildman–Crippen LogP) is 3.70. The fourth-order valence-electron chi connectivity index (χ4n) is 3.50. The van der Waals surface area contributed by atoms with Crippen LogP contribution in [0.15, 0.2) is 0 Å². The van der Waals surface area contributed by atoms with Crippen LogP contribution in [0.3, 0.4) is 0 Å². The van der Waals surface area contributed by atoms with Gasteiger partial charge in [0.2, 0.25) is 0 Å². The molecule has 1 aliphatic carbocycles. The van der Waals surface area contributed by atoms with Crippen molar-refractivity contribution >= 4 is 0 Å². The van der Waals surface area contributed by atoms with Gasteiger partial charge in [0, 0.05) is 12.1 Å². The summed E-state index contributed by atoms with van der Waals surface area (Å²) in [5.74, 6) is 3.72. The minimum absolute atomic E-state index is 0.0759. The third-order valence-electron chi connectivity index (χ3n) is 5.61. The molecular formula is C18H34N2. The molecule has 2 nitrogen and oxygen atoms in total. The molecule has 3 N–H and O–H groups in total. The van der Waals surface area contributed by atoms with Gasteiger partial charge >= 0.3 is 0 Å². The van der Waals surface area contributed by atoms with Crippen LogP contribution in [0.1, 0.15) is 72.6 Å². The van der Waals surface area contributed by atoms with Crippen LogP contribution in [-0.4, -0.2) is 18.1 Å². The molecule has 1 fully saturated rings. The highest BCUT2D eigenvalue weighted by atomic mass is 15.0. The lowest BCUT2D eigenvalue weighted by atomic mass is 9.65. The van der Waals surface area contributed by atoms with E-state index in [1.165, 1.54) is 32.1 Å². The Morgan fingerprint density at radius 2 is 1.95 bits per heavy atom. The first-order valence-electron chi connectivity index (χ1n) is 8.37. The summed E-state index contributed by atoms with van der Waals surface area (Å²) in [4.78, 5) is 0. The zero-order valence-corrected chi connectivity index (χ0v) is 14.0. The largest absolute Gasteiger partial charge is 0.329 e. The van der Waals surface area contributed by atoms with E-state index in [-0.39, 0.29) is 11.6 Å². The monoisotopic (exact) mass is 278 g/mol. The summed E-state index contributed by atoms with van der Waals surface area (Å²) in [6, 6.07) is 0.180. The second-order valence-electron chi connectivity index (χ2n) is 7.25. The third-order valence-corrected chi connectivity index (χ3v) is 5.61. The van der Waals surface area contributed by atoms with Crippen molar-refractivity contribution in [3.8, 4) is 12.3 Å². The molecule has 1 saturated carbocycles. The van der Waals surface area contributed by atoms with Crippen LogP contribution < -0.4 is 11.1 Å². The molecule has 0 aliphatic heterocycles. The normalized spacial score (nSPS) is 28.9. The minimum Gasteiger partial charge on any atom is -0.329 e. The molecule has 0 saturated heterocycles. The average Bonchev–Trinajstić information content (AvgIpc) is 2.47. The van der Waals surface area contributed by atoms with E-state index in [1.54, 1.807) is 0 Å². The van der Waals surface area contributed by atoms with E-state index in [1.807, 2.05) is 0 Å². The Bertz CT molecular complexity index is 319. The maximum atomic E-state index is 6.09. The number of terminal acetylenes is 1. The molecule has 0 aromatic rings. The molecule has 1 aliphatic rings. The van der Waals surface area contributed by atoms with Gasteiger partial charge in [-0.1, -0.05) is 46.5 Å². The second kappa shape index (κ2) is 7.48. The molecule has 0 spiro atoms. The minimum atomic E-state index is 0.0759. The molecule has 2 heteroatoms. The highest BCUT2D eigenvalue weighted by Gasteiger charge is 2.39. The Morgan fingerprint density at radius 1 is 1.35 bits per heavy atom. The Kier molecular flexibility index (Phi) is 6.55. The molecule has 116 valence electrons. The molecule has 0 amide bonds. The molecule has 0 radical (unpaired) electrons. The van der Waals surface area contributed by atoms with Gasteiger partial charge in [-0.25, -0.2) is 0 Å². The SMILES string of the molecule is C#CC(CCC)NC1(CN)CCC(C(C)(C)CC)CC1. The number of nitrogens with two attached hydrogens (primary N) is 1. The smallest absolute Gasteiger partial charge is 0.0691 e. The van der Waals surface area contributed by atoms with Crippen LogP contribution in [0.25, 0.3) is 0 Å². The van der Waals surface area contributed by atoms with Crippen molar-refractivity contribution in [3.05, 3.63) is 0 Å². The van der Waals surface area contributed by atoms with E-state index < -0.39 is 0 Å². The molecule has 0 aromatic carbocycles. The number of hydrogen-bond acceptors (Lipinski definition) is 2. The Labute approximate surface area is 126 Å². The first-order chi connectivity index (χ1) is 9.43. The van der Waals surface area contributed by atoms with Crippen molar-refractivity contribution in [2.75, 3.05) is 6.54 Å². The van der Waals surface area contributed by atoms with Gasteiger partial charge < -0.3 is 5.73 Å². The Morgan fingerprint density at radius 3 is 2.35 bits per heavy atom. The van der Waals surface area contributed by atoms with Gasteiger partial charge in [-0.05, 0) is 43.4 Å². The zero-order chi connectivity index (χ0) is 15.2. The van der Waals surface area contributed by atoms with Crippen LogP contribution in [0.5, 0.6) is 0 Å². The first-order valence-corrected chi connectivity index (χ1v) is 8.37. The number of nitrogens with one attached hydrogen (secondary N) is 1. The van der Waals surface area contributed by atoms with Crippen molar-refractivity contribution < 1.29 is 0 Å². The molecule has 0 heterocycles. The predicted molar refractivity (Wildman–Crippen MR) is 88.5 cm³/mol. The van der Waals surface area contributed by atoms with Crippen molar-refractivity contribution in [1.29, 1.82) is 0 Å². The maximum Gasteiger partial charge on any atom is 0.0691 e. The third kappa shape index (κ3) is 4.24. The summed E-state index contributed by atoms with van der Waals surface area (Å²) in [6.07, 6.45) is 13.9. The van der Waals surface area contributed by atoms with E-state index in [0.29, 0.717) is 12.0 Å². The van der Waals surface area contributed by atoms with Gasteiger partial charge in [0.15, 0.2) is 0 Å². The van der Waals surface area contributed by atoms with Crippen LogP contribution in [-0.2, 0) is 0 Å². The van der Waals surface area contributed by atoms with E-state index in [0.717, 1.165) is 18.8 Å². The molecule has 1 rings (SSSR count). The first kappa shape index (κ1) is 17.5. The van der Waals surface area contributed by atoms with E-state index in [4.69, 9.17) is 12.2 Å². The lowest BCUT2D eigenvalue weighted by molar-refractivity contribution is 0.0982. The van der Waals surface area contributed by atoms with Gasteiger partial charge in [-0.3, -0.25) is 5.32 Å². The van der Waals surface area contributed by atoms with Crippen LogP contribution in [0.4, 0.5) is 0 Å². The Balaban J connectivity index is 2.64. The standard InChI is InChI=1S/C18H34N2/c1-6-9-16(7-2)20-18(14-19)12-10-15(11-13-18)17(4,5)8-3/h2,15-16,20H,6,8-14,19H2,1,3-5H3. The van der Waals surface area contributed by atoms with Gasteiger partial charge in [0.25, 0.3) is 0 Å². The lowest BCUT2D eigenvalue weighted by Gasteiger charge is -2.46. The topological polar surface area (TPSA) is 38.0 Å². The van der Waals surface area contributed by atoms with Crippen molar-refractivity contribution in [2.45, 2.75) is 84.2 Å². The molecule has 1 unspecified atom stereocenters. The van der Waals surface area contributed by atoms with Crippen molar-refractivity contribution in [1.82, 2.24) is 5.32 Å². The fraction of sp³-hybridized carbons (Fsp3) is 0.889. The van der Waals surface area contributed by atoms with Crippen LogP contribution in [0.2, 0.25) is 0 Å². The maximum absolute atomic E-state index is 6.09.